The molecule has 1 unspecified atom stereocenters. The van der Waals surface area contributed by atoms with Crippen LogP contribution in [0, 0.1) is 46.3 Å². The van der Waals surface area contributed by atoms with Gasteiger partial charge in [0.15, 0.2) is 0 Å². The number of hydrogen-bond acceptors (Lipinski definition) is 8. The third-order valence-corrected chi connectivity index (χ3v) is 18.4. The van der Waals surface area contributed by atoms with E-state index in [2.05, 4.69) is 55.6 Å². The van der Waals surface area contributed by atoms with E-state index in [1.54, 1.807) is 24.3 Å². The molecule has 0 aromatic heterocycles. The van der Waals surface area contributed by atoms with E-state index in [0.29, 0.717) is 61.6 Å². The number of fused-ring (bicyclic) bond motifs is 6. The molecule has 2 N–H and O–H groups in total. The molecule has 0 bridgehead atoms. The average Bonchev–Trinajstić information content (AvgIpc) is 3.62. The lowest BCUT2D eigenvalue weighted by Crippen LogP contribution is -2.51. The molecular weight excluding hydrogens is 882 g/mol. The zero-order valence-electron chi connectivity index (χ0n) is 40.0. The highest BCUT2D eigenvalue weighted by Gasteiger charge is 2.59. The molecule has 13 heteroatoms. The molecule has 7 rings (SSSR count). The molecule has 5 aliphatic rings. The molecule has 2 aromatic rings. The number of carbonyl (C=O) groups is 1. The van der Waals surface area contributed by atoms with Crippen molar-refractivity contribution in [1.82, 2.24) is 14.9 Å². The van der Waals surface area contributed by atoms with Gasteiger partial charge in [-0.25, -0.2) is 17.9 Å². The quantitative estimate of drug-likeness (QED) is 0.0939. The Morgan fingerprint density at radius 1 is 0.892 bits per heavy atom. The molecule has 3 saturated carbocycles. The summed E-state index contributed by atoms with van der Waals surface area (Å²) in [6.07, 6.45) is 15.9. The second kappa shape index (κ2) is 22.5. The van der Waals surface area contributed by atoms with Crippen LogP contribution in [-0.2, 0) is 35.5 Å². The Morgan fingerprint density at radius 3 is 2.38 bits per heavy atom. The number of rotatable bonds is 21. The minimum absolute atomic E-state index is 0.0662. The number of ether oxygens (including phenoxy) is 4. The topological polar surface area (TPSA) is 115 Å². The first-order valence-corrected chi connectivity index (χ1v) is 27.0. The summed E-state index contributed by atoms with van der Waals surface area (Å²) in [5, 5.41) is 4.05. The van der Waals surface area contributed by atoms with E-state index >= 15 is 0 Å². The van der Waals surface area contributed by atoms with Gasteiger partial charge in [-0.3, -0.25) is 0 Å². The normalized spacial score (nSPS) is 29.3. The van der Waals surface area contributed by atoms with Gasteiger partial charge in [0.25, 0.3) is 0 Å². The maximum Gasteiger partial charge on any atom is 0.407 e. The van der Waals surface area contributed by atoms with Crippen LogP contribution in [-0.4, -0.2) is 91.8 Å². The van der Waals surface area contributed by atoms with Crippen LogP contribution in [0.5, 0.6) is 0 Å². The highest BCUT2D eigenvalue weighted by molar-refractivity contribution is 7.89. The highest BCUT2D eigenvalue weighted by Crippen LogP contribution is 2.67. The number of nitrogens with zero attached hydrogens (tertiary/aromatic N) is 1. The van der Waals surface area contributed by atoms with Gasteiger partial charge < -0.3 is 29.2 Å². The third-order valence-electron chi connectivity index (χ3n) is 16.4. The van der Waals surface area contributed by atoms with Gasteiger partial charge in [0, 0.05) is 48.6 Å². The molecule has 3 fully saturated rings. The average molecular weight is 959 g/mol. The summed E-state index contributed by atoms with van der Waals surface area (Å²) in [7, 11) is -1.73. The Bertz CT molecular complexity index is 2070. The molecule has 10 nitrogen and oxygen atoms in total. The number of allylic oxidation sites excluding steroid dienone is 1. The summed E-state index contributed by atoms with van der Waals surface area (Å²) in [6.45, 7) is 16.4. The Kier molecular flexibility index (Phi) is 17.5. The number of likely N-dealkylation sites (N-methyl/N-ethyl adjacent to an activating group) is 1. The molecule has 1 amide bonds. The second-order valence-corrected chi connectivity index (χ2v) is 23.6. The molecule has 0 saturated heterocycles. The lowest BCUT2D eigenvalue weighted by Gasteiger charge is -2.58. The molecule has 2 aromatic carbocycles. The van der Waals surface area contributed by atoms with Crippen LogP contribution in [0.25, 0.3) is 0 Å². The molecule has 4 aliphatic carbocycles. The van der Waals surface area contributed by atoms with E-state index in [0.717, 1.165) is 78.0 Å². The summed E-state index contributed by atoms with van der Waals surface area (Å²) in [5.41, 5.74) is 5.17. The maximum absolute atomic E-state index is 13.2. The van der Waals surface area contributed by atoms with E-state index < -0.39 is 10.0 Å². The number of carbonyl (C=O) groups excluding carboxylic acids is 1. The Morgan fingerprint density at radius 2 is 1.63 bits per heavy atom. The van der Waals surface area contributed by atoms with Crippen molar-refractivity contribution in [2.75, 3.05) is 66.3 Å². The first-order chi connectivity index (χ1) is 31.1. The number of alkyl carbamates (subject to hydrolysis) is 1. The lowest BCUT2D eigenvalue weighted by molar-refractivity contribution is -0.0581. The number of nitrogens with one attached hydrogen (secondary N) is 2. The van der Waals surface area contributed by atoms with Crippen LogP contribution in [0.4, 0.5) is 4.79 Å². The molecular formula is C52H77Cl2N3O7S. The van der Waals surface area contributed by atoms with Crippen molar-refractivity contribution in [2.24, 2.45) is 46.3 Å². The first-order valence-electron chi connectivity index (χ1n) is 24.7. The predicted molar refractivity (Wildman–Crippen MR) is 260 cm³/mol. The van der Waals surface area contributed by atoms with Gasteiger partial charge >= 0.3 is 6.09 Å². The van der Waals surface area contributed by atoms with E-state index in [9.17, 15) is 13.2 Å². The molecule has 1 aliphatic heterocycles. The van der Waals surface area contributed by atoms with Crippen molar-refractivity contribution in [3.05, 3.63) is 74.8 Å². The summed E-state index contributed by atoms with van der Waals surface area (Å²) >= 11 is 12.9. The standard InChI is InChI=1S/C52H77Cl2N3O7S/c1-35(2)9-7-10-36(3)46-15-16-47-42-14-13-38-30-40(17-19-51(38,4)48(42)18-20-52(46,47)5)64-50(58)55-21-23-61-25-27-63-28-26-62-24-22-56-65(59,60)41-12-8-11-37(29-41)44-33-57(6)34-45-43(44)31-39(53)32-49(45)54/h8,11-13,29,31-32,35-36,40,42,44,46-48,56H,7,9-10,14-28,30,33-34H2,1-6H3,(H,55,58)/t36-,40+,42+,44+,46?,47+,48+,51+,52-/m1/s1. The van der Waals surface area contributed by atoms with Gasteiger partial charge in [0.1, 0.15) is 6.10 Å². The predicted octanol–water partition coefficient (Wildman–Crippen LogP) is 11.0. The minimum atomic E-state index is -3.76. The van der Waals surface area contributed by atoms with Crippen molar-refractivity contribution in [2.45, 2.75) is 129 Å². The SMILES string of the molecule is CC(C)CCC[C@@H](C)C1CC[C@H]2[C@@H]3CC=C4C[C@@H](OC(=O)NCCOCCOCCOCCNS(=O)(=O)c5cccc([C@@H]6CN(C)Cc7c(Cl)cc(Cl)cc76)c5)CC[C@]4(C)[C@H]3CC[C@]12C. The second-order valence-electron chi connectivity index (χ2n) is 21.0. The van der Waals surface area contributed by atoms with Crippen LogP contribution in [0.15, 0.2) is 52.9 Å². The minimum Gasteiger partial charge on any atom is -0.446 e. The van der Waals surface area contributed by atoms with Gasteiger partial charge in [-0.2, -0.15) is 0 Å². The van der Waals surface area contributed by atoms with Gasteiger partial charge in [-0.1, -0.05) is 101 Å². The molecule has 1 heterocycles. The summed E-state index contributed by atoms with van der Waals surface area (Å²) < 4.78 is 51.8. The fourth-order valence-corrected chi connectivity index (χ4v) is 14.7. The van der Waals surface area contributed by atoms with E-state index in [1.807, 2.05) is 19.2 Å². The van der Waals surface area contributed by atoms with Crippen molar-refractivity contribution in [3.8, 4) is 0 Å². The van der Waals surface area contributed by atoms with Crippen LogP contribution >= 0.6 is 23.2 Å². The molecule has 362 valence electrons. The fraction of sp³-hybridized carbons (Fsp3) is 0.712. The maximum atomic E-state index is 13.2. The van der Waals surface area contributed by atoms with Crippen molar-refractivity contribution >= 4 is 39.3 Å². The van der Waals surface area contributed by atoms with Crippen LogP contribution < -0.4 is 10.0 Å². The van der Waals surface area contributed by atoms with Crippen molar-refractivity contribution in [1.29, 1.82) is 0 Å². The number of sulfonamides is 1. The summed E-state index contributed by atoms with van der Waals surface area (Å²) in [6, 6.07) is 10.7. The number of amides is 1. The first kappa shape index (κ1) is 50.7. The zero-order valence-corrected chi connectivity index (χ0v) is 42.3. The Labute approximate surface area is 400 Å². The van der Waals surface area contributed by atoms with Gasteiger partial charge in [-0.05, 0) is 139 Å². The third kappa shape index (κ3) is 12.2. The van der Waals surface area contributed by atoms with Gasteiger partial charge in [0.05, 0.1) is 44.5 Å². The van der Waals surface area contributed by atoms with Crippen molar-refractivity contribution < 1.29 is 32.2 Å². The summed E-state index contributed by atoms with van der Waals surface area (Å²) in [5.74, 6) is 4.83. The number of hydrogen-bond donors (Lipinski definition) is 2. The largest absolute Gasteiger partial charge is 0.446 e. The molecule has 0 spiro atoms. The monoisotopic (exact) mass is 957 g/mol. The Balaban J connectivity index is 0.731. The van der Waals surface area contributed by atoms with Gasteiger partial charge in [-0.15, -0.1) is 0 Å². The lowest BCUT2D eigenvalue weighted by atomic mass is 9.47. The van der Waals surface area contributed by atoms with Gasteiger partial charge in [0.2, 0.25) is 10.0 Å². The smallest absolute Gasteiger partial charge is 0.407 e. The zero-order chi connectivity index (χ0) is 46.4. The fourth-order valence-electron chi connectivity index (χ4n) is 13.1. The number of halogens is 2. The molecule has 9 atom stereocenters. The Hall–Kier alpha value is -2.22. The molecule has 0 radical (unpaired) electrons. The van der Waals surface area contributed by atoms with Crippen LogP contribution in [0.3, 0.4) is 0 Å². The van der Waals surface area contributed by atoms with Crippen molar-refractivity contribution in [3.63, 3.8) is 0 Å². The molecule has 65 heavy (non-hydrogen) atoms. The van der Waals surface area contributed by atoms with Crippen LogP contribution in [0.2, 0.25) is 10.0 Å². The highest BCUT2D eigenvalue weighted by atomic mass is 35.5. The van der Waals surface area contributed by atoms with E-state index in [-0.39, 0.29) is 41.6 Å². The van der Waals surface area contributed by atoms with Crippen LogP contribution in [0.1, 0.15) is 128 Å². The van der Waals surface area contributed by atoms with E-state index in [1.165, 1.54) is 56.9 Å². The summed E-state index contributed by atoms with van der Waals surface area (Å²) in [4.78, 5) is 15.1. The number of benzene rings is 2. The van der Waals surface area contributed by atoms with E-state index in [4.69, 9.17) is 42.1 Å².